The highest BCUT2D eigenvalue weighted by molar-refractivity contribution is 7.80. The Kier molecular flexibility index (Phi) is 4.06. The quantitative estimate of drug-likeness (QED) is 0.804. The molecule has 104 valence electrons. The highest BCUT2D eigenvalue weighted by Crippen LogP contribution is 2.27. The summed E-state index contributed by atoms with van der Waals surface area (Å²) in [7, 11) is 0. The monoisotopic (exact) mass is 279 g/mol. The van der Waals surface area contributed by atoms with Crippen LogP contribution in [0.25, 0.3) is 0 Å². The van der Waals surface area contributed by atoms with Gasteiger partial charge in [-0.3, -0.25) is 0 Å². The van der Waals surface area contributed by atoms with Crippen molar-refractivity contribution in [3.8, 4) is 0 Å². The predicted molar refractivity (Wildman–Crippen MR) is 81.6 cm³/mol. The zero-order valence-corrected chi connectivity index (χ0v) is 12.5. The van der Waals surface area contributed by atoms with E-state index >= 15 is 0 Å². The number of pyridine rings is 1. The Morgan fingerprint density at radius 2 is 2.21 bits per heavy atom. The van der Waals surface area contributed by atoms with Gasteiger partial charge in [-0.05, 0) is 37.8 Å². The zero-order chi connectivity index (χ0) is 14.2. The van der Waals surface area contributed by atoms with Crippen LogP contribution in [0.1, 0.15) is 30.2 Å². The van der Waals surface area contributed by atoms with Crippen molar-refractivity contribution < 1.29 is 5.11 Å². The molecule has 1 aliphatic rings. The van der Waals surface area contributed by atoms with Crippen molar-refractivity contribution in [1.29, 1.82) is 0 Å². The molecule has 0 amide bonds. The van der Waals surface area contributed by atoms with Gasteiger partial charge in [0.05, 0.1) is 11.7 Å². The summed E-state index contributed by atoms with van der Waals surface area (Å²) in [5, 5.41) is 10.0. The van der Waals surface area contributed by atoms with Gasteiger partial charge in [-0.2, -0.15) is 0 Å². The third-order valence-electron chi connectivity index (χ3n) is 3.79. The van der Waals surface area contributed by atoms with Gasteiger partial charge in [0.2, 0.25) is 0 Å². The zero-order valence-electron chi connectivity index (χ0n) is 11.7. The molecule has 1 aromatic heterocycles. The number of aryl methyl sites for hydroxylation is 2. The molecule has 0 spiro atoms. The van der Waals surface area contributed by atoms with E-state index in [1.54, 1.807) is 0 Å². The van der Waals surface area contributed by atoms with E-state index in [0.717, 1.165) is 35.6 Å². The number of thiocarbonyl (C=S) groups is 1. The van der Waals surface area contributed by atoms with E-state index in [1.165, 1.54) is 0 Å². The number of piperidine rings is 1. The molecule has 1 saturated heterocycles. The third kappa shape index (κ3) is 2.87. The Morgan fingerprint density at radius 3 is 2.79 bits per heavy atom. The topological polar surface area (TPSA) is 62.4 Å². The van der Waals surface area contributed by atoms with Crippen molar-refractivity contribution in [2.75, 3.05) is 18.0 Å². The Labute approximate surface area is 119 Å². The van der Waals surface area contributed by atoms with Crippen LogP contribution in [0.4, 0.5) is 5.82 Å². The molecule has 1 fully saturated rings. The molecule has 2 heterocycles. The first-order valence-corrected chi connectivity index (χ1v) is 7.02. The van der Waals surface area contributed by atoms with Crippen LogP contribution in [0.5, 0.6) is 0 Å². The van der Waals surface area contributed by atoms with Gasteiger partial charge in [0.25, 0.3) is 0 Å². The lowest BCUT2D eigenvalue weighted by atomic mass is 9.95. The summed E-state index contributed by atoms with van der Waals surface area (Å²) in [6, 6.07) is 1.99. The van der Waals surface area contributed by atoms with Gasteiger partial charge in [-0.25, -0.2) is 4.98 Å². The van der Waals surface area contributed by atoms with E-state index in [0.29, 0.717) is 17.5 Å². The SMILES string of the molecule is Cc1cc(C)c(C(N)=S)c(N2CCC(C)C(O)C2)n1. The first kappa shape index (κ1) is 14.2. The molecule has 3 N–H and O–H groups in total. The summed E-state index contributed by atoms with van der Waals surface area (Å²) < 4.78 is 0. The number of nitrogens with two attached hydrogens (primary N) is 1. The van der Waals surface area contributed by atoms with Gasteiger partial charge in [0.15, 0.2) is 0 Å². The molecule has 4 nitrogen and oxygen atoms in total. The number of hydrogen-bond acceptors (Lipinski definition) is 4. The van der Waals surface area contributed by atoms with Gasteiger partial charge in [-0.15, -0.1) is 0 Å². The predicted octanol–water partition coefficient (Wildman–Crippen LogP) is 1.54. The Balaban J connectivity index is 2.41. The van der Waals surface area contributed by atoms with Crippen molar-refractivity contribution in [3.63, 3.8) is 0 Å². The van der Waals surface area contributed by atoms with Crippen molar-refractivity contribution in [1.82, 2.24) is 4.98 Å². The normalized spacial score (nSPS) is 23.5. The fraction of sp³-hybridized carbons (Fsp3) is 0.571. The molecule has 0 aromatic carbocycles. The molecule has 2 unspecified atom stereocenters. The van der Waals surface area contributed by atoms with Crippen molar-refractivity contribution in [2.24, 2.45) is 11.7 Å². The van der Waals surface area contributed by atoms with Gasteiger partial charge < -0.3 is 15.7 Å². The third-order valence-corrected chi connectivity index (χ3v) is 3.99. The van der Waals surface area contributed by atoms with Crippen molar-refractivity contribution in [2.45, 2.75) is 33.3 Å². The van der Waals surface area contributed by atoms with E-state index < -0.39 is 0 Å². The van der Waals surface area contributed by atoms with Gasteiger partial charge in [0.1, 0.15) is 10.8 Å². The molecular weight excluding hydrogens is 258 g/mol. The number of aliphatic hydroxyl groups is 1. The Hall–Kier alpha value is -1.20. The van der Waals surface area contributed by atoms with Gasteiger partial charge in [-0.1, -0.05) is 19.1 Å². The molecule has 0 saturated carbocycles. The number of aromatic nitrogens is 1. The van der Waals surface area contributed by atoms with Crippen LogP contribution in [0.3, 0.4) is 0 Å². The molecule has 19 heavy (non-hydrogen) atoms. The molecule has 1 aliphatic heterocycles. The fourth-order valence-electron chi connectivity index (χ4n) is 2.59. The number of β-amino-alcohol motifs (C(OH)–C–C–N with tert-alkyl or cyclic N) is 1. The number of hydrogen-bond donors (Lipinski definition) is 2. The summed E-state index contributed by atoms with van der Waals surface area (Å²) >= 11 is 5.15. The standard InChI is InChI=1S/C14H21N3OS/c1-8-4-5-17(7-11(8)18)14-12(13(15)19)9(2)6-10(3)16-14/h6,8,11,18H,4-5,7H2,1-3H3,(H2,15,19). The highest BCUT2D eigenvalue weighted by Gasteiger charge is 2.27. The second-order valence-electron chi connectivity index (χ2n) is 5.42. The molecule has 2 atom stereocenters. The maximum atomic E-state index is 10.0. The van der Waals surface area contributed by atoms with Crippen LogP contribution < -0.4 is 10.6 Å². The van der Waals surface area contributed by atoms with Crippen LogP contribution in [-0.4, -0.2) is 34.3 Å². The molecular formula is C14H21N3OS. The maximum Gasteiger partial charge on any atom is 0.139 e. The molecule has 0 aliphatic carbocycles. The lowest BCUT2D eigenvalue weighted by Gasteiger charge is -2.36. The van der Waals surface area contributed by atoms with Crippen LogP contribution in [-0.2, 0) is 0 Å². The van der Waals surface area contributed by atoms with Crippen LogP contribution in [0.15, 0.2) is 6.07 Å². The first-order valence-electron chi connectivity index (χ1n) is 6.61. The summed E-state index contributed by atoms with van der Waals surface area (Å²) in [5.74, 6) is 1.14. The number of anilines is 1. The Bertz CT molecular complexity index is 504. The van der Waals surface area contributed by atoms with Crippen molar-refractivity contribution in [3.05, 3.63) is 22.9 Å². The molecule has 2 rings (SSSR count). The smallest absolute Gasteiger partial charge is 0.139 e. The number of rotatable bonds is 2. The summed E-state index contributed by atoms with van der Waals surface area (Å²) in [6.45, 7) is 7.50. The van der Waals surface area contributed by atoms with E-state index in [9.17, 15) is 5.11 Å². The number of nitrogens with zero attached hydrogens (tertiary/aromatic N) is 2. The van der Waals surface area contributed by atoms with Crippen LogP contribution in [0.2, 0.25) is 0 Å². The van der Waals surface area contributed by atoms with Crippen LogP contribution >= 0.6 is 12.2 Å². The molecule has 0 radical (unpaired) electrons. The first-order chi connectivity index (χ1) is 8.90. The van der Waals surface area contributed by atoms with E-state index in [1.807, 2.05) is 19.9 Å². The average molecular weight is 279 g/mol. The minimum atomic E-state index is -0.324. The molecule has 5 heteroatoms. The molecule has 0 bridgehead atoms. The summed E-state index contributed by atoms with van der Waals surface area (Å²) in [5.41, 5.74) is 8.66. The maximum absolute atomic E-state index is 10.0. The van der Waals surface area contributed by atoms with Crippen molar-refractivity contribution >= 4 is 23.0 Å². The largest absolute Gasteiger partial charge is 0.391 e. The van der Waals surface area contributed by atoms with Crippen LogP contribution in [0, 0.1) is 19.8 Å². The average Bonchev–Trinajstić information content (AvgIpc) is 2.31. The minimum absolute atomic E-state index is 0.324. The number of aliphatic hydroxyl groups excluding tert-OH is 1. The summed E-state index contributed by atoms with van der Waals surface area (Å²) in [4.78, 5) is 7.05. The Morgan fingerprint density at radius 1 is 1.53 bits per heavy atom. The summed E-state index contributed by atoms with van der Waals surface area (Å²) in [6.07, 6.45) is 0.627. The molecule has 1 aromatic rings. The van der Waals surface area contributed by atoms with Gasteiger partial charge in [0, 0.05) is 18.8 Å². The fourth-order valence-corrected chi connectivity index (χ4v) is 2.84. The lowest BCUT2D eigenvalue weighted by Crippen LogP contribution is -2.44. The lowest BCUT2D eigenvalue weighted by molar-refractivity contribution is 0.102. The van der Waals surface area contributed by atoms with E-state index in [4.69, 9.17) is 18.0 Å². The highest BCUT2D eigenvalue weighted by atomic mass is 32.1. The van der Waals surface area contributed by atoms with E-state index in [-0.39, 0.29) is 6.10 Å². The minimum Gasteiger partial charge on any atom is -0.391 e. The van der Waals surface area contributed by atoms with Gasteiger partial charge >= 0.3 is 0 Å². The second kappa shape index (κ2) is 5.43. The second-order valence-corrected chi connectivity index (χ2v) is 5.86. The van der Waals surface area contributed by atoms with E-state index in [2.05, 4.69) is 16.8 Å².